The van der Waals surface area contributed by atoms with E-state index in [-0.39, 0.29) is 17.3 Å². The van der Waals surface area contributed by atoms with Crippen LogP contribution >= 0.6 is 22.9 Å². The van der Waals surface area contributed by atoms with Gasteiger partial charge in [-0.2, -0.15) is 0 Å². The summed E-state index contributed by atoms with van der Waals surface area (Å²) in [5.41, 5.74) is 0.900. The summed E-state index contributed by atoms with van der Waals surface area (Å²) in [6.45, 7) is 0.377. The van der Waals surface area contributed by atoms with Gasteiger partial charge in [0.1, 0.15) is 5.69 Å². The Hall–Kier alpha value is -3.56. The van der Waals surface area contributed by atoms with Gasteiger partial charge in [0.15, 0.2) is 0 Å². The van der Waals surface area contributed by atoms with Crippen LogP contribution in [-0.2, 0) is 6.54 Å². The van der Waals surface area contributed by atoms with E-state index >= 15 is 0 Å². The lowest BCUT2D eigenvalue weighted by Gasteiger charge is -2.13. The molecular weight excluding hydrogens is 452 g/mol. The molecule has 0 bridgehead atoms. The number of hydrogen-bond acceptors (Lipinski definition) is 5. The number of aromatic hydroxyl groups is 1. The lowest BCUT2D eigenvalue weighted by molar-refractivity contribution is 0.0940. The molecule has 4 aromatic rings. The van der Waals surface area contributed by atoms with E-state index in [1.807, 2.05) is 0 Å². The molecule has 0 fully saturated rings. The van der Waals surface area contributed by atoms with Crippen molar-refractivity contribution in [3.8, 4) is 17.3 Å². The number of rotatable bonds is 4. The van der Waals surface area contributed by atoms with Gasteiger partial charge in [0, 0.05) is 24.5 Å². The summed E-state index contributed by atoms with van der Waals surface area (Å²) in [6, 6.07) is 14.4. The molecule has 0 saturated heterocycles. The maximum Gasteiger partial charge on any atom is 0.335 e. The van der Waals surface area contributed by atoms with E-state index in [0.29, 0.717) is 39.2 Å². The second-order valence-electron chi connectivity index (χ2n) is 7.32. The number of amides is 1. The van der Waals surface area contributed by atoms with Crippen LogP contribution in [0.3, 0.4) is 0 Å². The first kappa shape index (κ1) is 20.3. The van der Waals surface area contributed by atoms with Gasteiger partial charge in [0.05, 0.1) is 20.9 Å². The van der Waals surface area contributed by atoms with Gasteiger partial charge in [0.25, 0.3) is 11.5 Å². The predicted octanol–water partition coefficient (Wildman–Crippen LogP) is 3.09. The van der Waals surface area contributed by atoms with Gasteiger partial charge in [-0.05, 0) is 48.9 Å². The van der Waals surface area contributed by atoms with Crippen LogP contribution < -0.4 is 16.6 Å². The highest BCUT2D eigenvalue weighted by Gasteiger charge is 2.33. The van der Waals surface area contributed by atoms with Crippen molar-refractivity contribution in [1.29, 1.82) is 0 Å². The van der Waals surface area contributed by atoms with Crippen LogP contribution in [0.1, 0.15) is 27.8 Å². The highest BCUT2D eigenvalue weighted by atomic mass is 35.5. The molecule has 5 rings (SSSR count). The first-order valence-corrected chi connectivity index (χ1v) is 11.0. The fraction of sp³-hybridized carbons (Fsp3) is 0.136. The Morgan fingerprint density at radius 2 is 1.81 bits per heavy atom. The van der Waals surface area contributed by atoms with Crippen molar-refractivity contribution in [2.75, 3.05) is 0 Å². The lowest BCUT2D eigenvalue weighted by atomic mass is 10.2. The smallest absolute Gasteiger partial charge is 0.335 e. The fourth-order valence-electron chi connectivity index (χ4n) is 3.95. The molecule has 1 aliphatic rings. The molecule has 2 N–H and O–H groups in total. The number of fused-ring (bicyclic) bond motifs is 1. The molecule has 8 nitrogen and oxygen atoms in total. The summed E-state index contributed by atoms with van der Waals surface area (Å²) in [7, 11) is 0. The van der Waals surface area contributed by atoms with E-state index in [0.717, 1.165) is 11.3 Å². The highest BCUT2D eigenvalue weighted by molar-refractivity contribution is 7.18. The molecule has 32 heavy (non-hydrogen) atoms. The second kappa shape index (κ2) is 7.85. The maximum absolute atomic E-state index is 13.0. The normalized spacial score (nSPS) is 15.0. The summed E-state index contributed by atoms with van der Waals surface area (Å²) < 4.78 is 4.66. The summed E-state index contributed by atoms with van der Waals surface area (Å²) in [5.74, 6) is -0.524. The number of nitrogens with one attached hydrogen (secondary N) is 1. The van der Waals surface area contributed by atoms with Gasteiger partial charge in [-0.25, -0.2) is 9.36 Å². The zero-order valence-corrected chi connectivity index (χ0v) is 18.1. The van der Waals surface area contributed by atoms with Crippen LogP contribution in [0, 0.1) is 0 Å². The standard InChI is InChI=1S/C22H17ClN4O4S/c23-17-9-8-16(32-17)20(29)24-15-10-12-26-19(15)21(30)27(22(26)31)14-6-4-13(5-7-14)25-11-2-1-3-18(25)28/h1-9,11,15,30H,10,12H2,(H,24,29)/t15-/m1/s1. The van der Waals surface area contributed by atoms with Gasteiger partial charge >= 0.3 is 5.69 Å². The van der Waals surface area contributed by atoms with Crippen LogP contribution in [-0.4, -0.2) is 24.7 Å². The summed E-state index contributed by atoms with van der Waals surface area (Å²) in [6.07, 6.45) is 2.15. The molecule has 0 radical (unpaired) electrons. The Bertz CT molecular complexity index is 1450. The quantitative estimate of drug-likeness (QED) is 0.481. The van der Waals surface area contributed by atoms with Crippen molar-refractivity contribution in [2.45, 2.75) is 19.0 Å². The number of aromatic nitrogens is 3. The highest BCUT2D eigenvalue weighted by Crippen LogP contribution is 2.34. The number of hydrogen-bond donors (Lipinski definition) is 2. The molecular formula is C22H17ClN4O4S. The SMILES string of the molecule is O=C(N[C@@H]1CCn2c1c(O)n(-c1ccc(-n3ccccc3=O)cc1)c2=O)c1ccc(Cl)s1. The monoisotopic (exact) mass is 468 g/mol. The van der Waals surface area contributed by atoms with Crippen LogP contribution in [0.15, 0.2) is 70.4 Å². The Kier molecular flexibility index (Phi) is 4.99. The minimum Gasteiger partial charge on any atom is -0.493 e. The Labute approximate surface area is 190 Å². The van der Waals surface area contributed by atoms with Gasteiger partial charge in [-0.1, -0.05) is 17.7 Å². The number of nitrogens with zero attached hydrogens (tertiary/aromatic N) is 3. The van der Waals surface area contributed by atoms with Crippen molar-refractivity contribution >= 4 is 28.8 Å². The van der Waals surface area contributed by atoms with E-state index in [4.69, 9.17) is 11.6 Å². The average Bonchev–Trinajstić information content (AvgIpc) is 3.46. The average molecular weight is 469 g/mol. The zero-order valence-electron chi connectivity index (χ0n) is 16.6. The third-order valence-electron chi connectivity index (χ3n) is 5.44. The summed E-state index contributed by atoms with van der Waals surface area (Å²) >= 11 is 7.07. The fourth-order valence-corrected chi connectivity index (χ4v) is 4.89. The Morgan fingerprint density at radius 3 is 2.50 bits per heavy atom. The molecule has 3 aromatic heterocycles. The molecule has 1 aromatic carbocycles. The summed E-state index contributed by atoms with van der Waals surface area (Å²) in [5, 5.41) is 13.8. The summed E-state index contributed by atoms with van der Waals surface area (Å²) in [4.78, 5) is 38.0. The Balaban J connectivity index is 1.47. The van der Waals surface area contributed by atoms with Crippen molar-refractivity contribution in [3.63, 3.8) is 0 Å². The van der Waals surface area contributed by atoms with Crippen molar-refractivity contribution in [2.24, 2.45) is 0 Å². The topological polar surface area (TPSA) is 98.3 Å². The number of imidazole rings is 1. The van der Waals surface area contributed by atoms with Crippen LogP contribution in [0.5, 0.6) is 5.88 Å². The molecule has 4 heterocycles. The number of carbonyl (C=O) groups is 1. The number of pyridine rings is 1. The van der Waals surface area contributed by atoms with E-state index < -0.39 is 11.7 Å². The van der Waals surface area contributed by atoms with Crippen molar-refractivity contribution in [1.82, 2.24) is 19.0 Å². The van der Waals surface area contributed by atoms with E-state index in [1.54, 1.807) is 54.7 Å². The molecule has 10 heteroatoms. The van der Waals surface area contributed by atoms with Gasteiger partial charge in [0.2, 0.25) is 5.88 Å². The lowest BCUT2D eigenvalue weighted by Crippen LogP contribution is -2.26. The molecule has 1 atom stereocenters. The maximum atomic E-state index is 13.0. The minimum atomic E-state index is -0.500. The van der Waals surface area contributed by atoms with E-state index in [1.165, 1.54) is 19.8 Å². The van der Waals surface area contributed by atoms with E-state index in [2.05, 4.69) is 5.32 Å². The third-order valence-corrected chi connectivity index (χ3v) is 6.67. The van der Waals surface area contributed by atoms with Gasteiger partial charge in [-0.15, -0.1) is 11.3 Å². The molecule has 0 saturated carbocycles. The number of halogens is 1. The molecule has 0 spiro atoms. The molecule has 0 unspecified atom stereocenters. The van der Waals surface area contributed by atoms with Crippen LogP contribution in [0.2, 0.25) is 4.34 Å². The Morgan fingerprint density at radius 1 is 1.06 bits per heavy atom. The zero-order chi connectivity index (χ0) is 22.4. The van der Waals surface area contributed by atoms with Crippen LogP contribution in [0.25, 0.3) is 11.4 Å². The number of carbonyl (C=O) groups excluding carboxylic acids is 1. The first-order chi connectivity index (χ1) is 15.4. The van der Waals surface area contributed by atoms with Crippen molar-refractivity contribution in [3.05, 3.63) is 96.5 Å². The second-order valence-corrected chi connectivity index (χ2v) is 9.04. The molecule has 1 amide bonds. The predicted molar refractivity (Wildman–Crippen MR) is 121 cm³/mol. The molecule has 0 aliphatic carbocycles. The largest absolute Gasteiger partial charge is 0.493 e. The first-order valence-electron chi connectivity index (χ1n) is 9.83. The number of benzene rings is 1. The molecule has 1 aliphatic heterocycles. The van der Waals surface area contributed by atoms with Gasteiger partial charge < -0.3 is 10.4 Å². The van der Waals surface area contributed by atoms with E-state index in [9.17, 15) is 19.5 Å². The van der Waals surface area contributed by atoms with Crippen LogP contribution in [0.4, 0.5) is 0 Å². The third kappa shape index (κ3) is 3.35. The van der Waals surface area contributed by atoms with Gasteiger partial charge in [-0.3, -0.25) is 18.7 Å². The molecule has 162 valence electrons. The minimum absolute atomic E-state index is 0.172. The van der Waals surface area contributed by atoms with Crippen molar-refractivity contribution < 1.29 is 9.90 Å². The number of thiophene rings is 1.